The summed E-state index contributed by atoms with van der Waals surface area (Å²) in [4.78, 5) is 22.2. The third kappa shape index (κ3) is 3.61. The molecule has 8 nitrogen and oxygen atoms in total. The van der Waals surface area contributed by atoms with Crippen LogP contribution < -0.4 is 22.0 Å². The van der Waals surface area contributed by atoms with E-state index in [1.54, 1.807) is 11.0 Å². The van der Waals surface area contributed by atoms with Crippen molar-refractivity contribution < 1.29 is 13.5 Å². The van der Waals surface area contributed by atoms with Gasteiger partial charge in [0.1, 0.15) is 11.9 Å². The van der Waals surface area contributed by atoms with Gasteiger partial charge < -0.3 is 21.2 Å². The van der Waals surface area contributed by atoms with Gasteiger partial charge in [-0.15, -0.1) is 0 Å². The zero-order valence-corrected chi connectivity index (χ0v) is 15.3. The fourth-order valence-corrected chi connectivity index (χ4v) is 3.22. The molecule has 0 amide bonds. The minimum atomic E-state index is -0.596. The van der Waals surface area contributed by atoms with Crippen molar-refractivity contribution in [3.05, 3.63) is 70.3 Å². The summed E-state index contributed by atoms with van der Waals surface area (Å²) in [6.45, 7) is 1.04. The molecule has 1 aromatic carbocycles. The standard InChI is InChI=1S/C19H18F2N6O2/c20-13-2-1-11(7-15(13)22)17-10-26(5-6-29-17)19-25-16(8-18(28)27(19)23)12-3-4-24-9-14(12)21/h1-4,7-9,17H,5-6,10,22-23H2/t17-/m1/s1. The van der Waals surface area contributed by atoms with E-state index in [1.807, 2.05) is 0 Å². The molecular weight excluding hydrogens is 382 g/mol. The molecule has 3 heterocycles. The fraction of sp³-hybridized carbons (Fsp3) is 0.211. The molecule has 2 aromatic heterocycles. The van der Waals surface area contributed by atoms with Crippen molar-refractivity contribution in [3.63, 3.8) is 0 Å². The van der Waals surface area contributed by atoms with Crippen LogP contribution in [0.15, 0.2) is 47.5 Å². The highest BCUT2D eigenvalue weighted by atomic mass is 19.1. The molecule has 1 fully saturated rings. The van der Waals surface area contributed by atoms with Crippen LogP contribution in [0, 0.1) is 11.6 Å². The Hall–Kier alpha value is -3.53. The van der Waals surface area contributed by atoms with Gasteiger partial charge in [0.15, 0.2) is 5.82 Å². The van der Waals surface area contributed by atoms with Crippen molar-refractivity contribution in [2.45, 2.75) is 6.10 Å². The summed E-state index contributed by atoms with van der Waals surface area (Å²) in [7, 11) is 0. The van der Waals surface area contributed by atoms with Crippen LogP contribution in [0.3, 0.4) is 0 Å². The normalized spacial score (nSPS) is 16.8. The number of aromatic nitrogens is 3. The maximum Gasteiger partial charge on any atom is 0.273 e. The lowest BCUT2D eigenvalue weighted by Gasteiger charge is -2.34. The number of nitrogens with zero attached hydrogens (tertiary/aromatic N) is 4. The number of nitrogens with two attached hydrogens (primary N) is 2. The molecule has 0 spiro atoms. The van der Waals surface area contributed by atoms with Crippen LogP contribution in [0.5, 0.6) is 0 Å². The average molecular weight is 400 g/mol. The number of morpholine rings is 1. The number of rotatable bonds is 3. The highest BCUT2D eigenvalue weighted by Gasteiger charge is 2.26. The Labute approximate surface area is 164 Å². The Morgan fingerprint density at radius 3 is 2.76 bits per heavy atom. The first-order chi connectivity index (χ1) is 13.9. The summed E-state index contributed by atoms with van der Waals surface area (Å²) < 4.78 is 34.3. The number of anilines is 2. The number of pyridine rings is 1. The van der Waals surface area contributed by atoms with Gasteiger partial charge in [0.05, 0.1) is 30.7 Å². The molecule has 3 aromatic rings. The Morgan fingerprint density at radius 2 is 2.00 bits per heavy atom. The molecule has 0 unspecified atom stereocenters. The quantitative estimate of drug-likeness (QED) is 0.506. The lowest BCUT2D eigenvalue weighted by atomic mass is 10.1. The van der Waals surface area contributed by atoms with Gasteiger partial charge in [-0.2, -0.15) is 4.68 Å². The van der Waals surface area contributed by atoms with Gasteiger partial charge in [0, 0.05) is 24.4 Å². The third-order valence-corrected chi connectivity index (χ3v) is 4.72. The minimum absolute atomic E-state index is 0.0206. The maximum atomic E-state index is 14.1. The second kappa shape index (κ2) is 7.47. The molecule has 1 saturated heterocycles. The van der Waals surface area contributed by atoms with Crippen molar-refractivity contribution in [1.29, 1.82) is 0 Å². The molecule has 0 radical (unpaired) electrons. The van der Waals surface area contributed by atoms with Crippen LogP contribution >= 0.6 is 0 Å². The summed E-state index contributed by atoms with van der Waals surface area (Å²) in [5.74, 6) is 4.98. The molecule has 4 rings (SSSR count). The van der Waals surface area contributed by atoms with Gasteiger partial charge in [-0.25, -0.2) is 13.8 Å². The second-order valence-corrected chi connectivity index (χ2v) is 6.59. The van der Waals surface area contributed by atoms with E-state index in [0.29, 0.717) is 25.3 Å². The molecular formula is C19H18F2N6O2. The molecule has 1 aliphatic heterocycles. The number of hydrogen-bond acceptors (Lipinski definition) is 7. The van der Waals surface area contributed by atoms with Crippen LogP contribution in [0.4, 0.5) is 20.4 Å². The lowest BCUT2D eigenvalue weighted by molar-refractivity contribution is 0.0390. The topological polar surface area (TPSA) is 112 Å². The third-order valence-electron chi connectivity index (χ3n) is 4.72. The van der Waals surface area contributed by atoms with Crippen molar-refractivity contribution in [2.75, 3.05) is 36.2 Å². The zero-order valence-electron chi connectivity index (χ0n) is 15.3. The lowest BCUT2D eigenvalue weighted by Crippen LogP contribution is -2.43. The Kier molecular flexibility index (Phi) is 4.85. The maximum absolute atomic E-state index is 14.1. The second-order valence-electron chi connectivity index (χ2n) is 6.59. The largest absolute Gasteiger partial charge is 0.396 e. The van der Waals surface area contributed by atoms with E-state index in [9.17, 15) is 13.6 Å². The van der Waals surface area contributed by atoms with Crippen molar-refractivity contribution in [1.82, 2.24) is 14.6 Å². The van der Waals surface area contributed by atoms with Gasteiger partial charge >= 0.3 is 0 Å². The van der Waals surface area contributed by atoms with E-state index in [0.717, 1.165) is 10.9 Å². The first-order valence-electron chi connectivity index (χ1n) is 8.84. The van der Waals surface area contributed by atoms with Crippen molar-refractivity contribution in [3.8, 4) is 11.3 Å². The van der Waals surface area contributed by atoms with Gasteiger partial charge in [-0.05, 0) is 23.8 Å². The Bertz CT molecular complexity index is 1120. The van der Waals surface area contributed by atoms with Gasteiger partial charge in [-0.1, -0.05) is 6.07 Å². The smallest absolute Gasteiger partial charge is 0.273 e. The Balaban J connectivity index is 1.69. The van der Waals surface area contributed by atoms with E-state index in [2.05, 4.69) is 9.97 Å². The summed E-state index contributed by atoms with van der Waals surface area (Å²) in [6.07, 6.45) is 2.04. The van der Waals surface area contributed by atoms with Crippen molar-refractivity contribution >= 4 is 11.6 Å². The first-order valence-corrected chi connectivity index (χ1v) is 8.84. The van der Waals surface area contributed by atoms with E-state index < -0.39 is 23.3 Å². The van der Waals surface area contributed by atoms with Gasteiger partial charge in [-0.3, -0.25) is 9.78 Å². The monoisotopic (exact) mass is 400 g/mol. The van der Waals surface area contributed by atoms with Crippen LogP contribution in [0.25, 0.3) is 11.3 Å². The highest BCUT2D eigenvalue weighted by molar-refractivity contribution is 5.60. The first kappa shape index (κ1) is 18.8. The summed E-state index contributed by atoms with van der Waals surface area (Å²) in [6, 6.07) is 6.98. The molecule has 4 N–H and O–H groups in total. The number of benzene rings is 1. The van der Waals surface area contributed by atoms with E-state index in [4.69, 9.17) is 16.3 Å². The summed E-state index contributed by atoms with van der Waals surface area (Å²) in [5, 5.41) is 0. The van der Waals surface area contributed by atoms with Crippen LogP contribution in [0.1, 0.15) is 11.7 Å². The predicted molar refractivity (Wildman–Crippen MR) is 104 cm³/mol. The SMILES string of the molecule is Nc1cc([C@H]2CN(c3nc(-c4ccncc4F)cc(=O)n3N)CCO2)ccc1F. The molecule has 1 atom stereocenters. The van der Waals surface area contributed by atoms with E-state index >= 15 is 0 Å². The van der Waals surface area contributed by atoms with E-state index in [1.165, 1.54) is 30.5 Å². The number of halogens is 2. The number of ether oxygens (including phenoxy) is 1. The van der Waals surface area contributed by atoms with E-state index in [-0.39, 0.29) is 22.9 Å². The summed E-state index contributed by atoms with van der Waals surface area (Å²) >= 11 is 0. The van der Waals surface area contributed by atoms with Crippen LogP contribution in [-0.4, -0.2) is 34.3 Å². The highest BCUT2D eigenvalue weighted by Crippen LogP contribution is 2.28. The van der Waals surface area contributed by atoms with Gasteiger partial charge in [0.25, 0.3) is 5.56 Å². The average Bonchev–Trinajstić information content (AvgIpc) is 2.72. The molecule has 29 heavy (non-hydrogen) atoms. The van der Waals surface area contributed by atoms with Crippen molar-refractivity contribution in [2.24, 2.45) is 0 Å². The molecule has 0 aliphatic carbocycles. The number of nitrogen functional groups attached to an aromatic ring is 2. The van der Waals surface area contributed by atoms with Crippen LogP contribution in [0.2, 0.25) is 0 Å². The molecule has 150 valence electrons. The molecule has 1 aliphatic rings. The Morgan fingerprint density at radius 1 is 1.17 bits per heavy atom. The van der Waals surface area contributed by atoms with Gasteiger partial charge in [0.2, 0.25) is 5.95 Å². The summed E-state index contributed by atoms with van der Waals surface area (Å²) in [5.41, 5.74) is 6.13. The minimum Gasteiger partial charge on any atom is -0.396 e. The fourth-order valence-electron chi connectivity index (χ4n) is 3.22. The molecule has 0 saturated carbocycles. The predicted octanol–water partition coefficient (Wildman–Crippen LogP) is 1.46. The zero-order chi connectivity index (χ0) is 20.5. The van der Waals surface area contributed by atoms with Crippen LogP contribution in [-0.2, 0) is 4.74 Å². The molecule has 10 heteroatoms. The molecule has 0 bridgehead atoms. The number of hydrogen-bond donors (Lipinski definition) is 2.